The number of amides is 1. The quantitative estimate of drug-likeness (QED) is 0.924. The normalized spacial score (nSPS) is 34.1. The fourth-order valence-corrected chi connectivity index (χ4v) is 5.59. The highest BCUT2D eigenvalue weighted by atomic mass is 35.5. The van der Waals surface area contributed by atoms with Crippen molar-refractivity contribution in [3.63, 3.8) is 0 Å². The van der Waals surface area contributed by atoms with Crippen molar-refractivity contribution in [2.75, 3.05) is 7.05 Å². The van der Waals surface area contributed by atoms with Crippen LogP contribution in [0.5, 0.6) is 0 Å². The first-order valence-electron chi connectivity index (χ1n) is 8.58. The van der Waals surface area contributed by atoms with Gasteiger partial charge in [-0.05, 0) is 67.9 Å². The molecule has 0 spiro atoms. The van der Waals surface area contributed by atoms with Gasteiger partial charge in [0.1, 0.15) is 0 Å². The van der Waals surface area contributed by atoms with Crippen molar-refractivity contribution in [3.05, 3.63) is 29.6 Å². The van der Waals surface area contributed by atoms with Crippen LogP contribution in [0.1, 0.15) is 48.2 Å². The van der Waals surface area contributed by atoms with Crippen LogP contribution in [0.15, 0.2) is 18.3 Å². The Labute approximate surface area is 144 Å². The van der Waals surface area contributed by atoms with Gasteiger partial charge in [-0.3, -0.25) is 9.78 Å². The largest absolute Gasteiger partial charge is 0.338 e. The zero-order chi connectivity index (χ0) is 15.3. The summed E-state index contributed by atoms with van der Waals surface area (Å²) in [7, 11) is 2.00. The maximum absolute atomic E-state index is 12.9. The molecule has 4 fully saturated rings. The van der Waals surface area contributed by atoms with Gasteiger partial charge < -0.3 is 10.6 Å². The van der Waals surface area contributed by atoms with E-state index in [4.69, 9.17) is 5.73 Å². The lowest BCUT2D eigenvalue weighted by molar-refractivity contribution is -0.0491. The number of carbonyl (C=O) groups excluding carboxylic acids is 1. The van der Waals surface area contributed by atoms with Crippen LogP contribution >= 0.6 is 12.4 Å². The maximum Gasteiger partial charge on any atom is 0.253 e. The summed E-state index contributed by atoms with van der Waals surface area (Å²) in [5.74, 6) is 3.45. The fourth-order valence-electron chi connectivity index (χ4n) is 5.59. The SMILES string of the molecule is CN(C(=O)c1ccnc(CN)c1)C1C2CC3CC(C2)CC1C3.Cl. The average Bonchev–Trinajstić information content (AvgIpc) is 2.53. The summed E-state index contributed by atoms with van der Waals surface area (Å²) in [4.78, 5) is 19.1. The van der Waals surface area contributed by atoms with E-state index in [1.807, 2.05) is 24.1 Å². The van der Waals surface area contributed by atoms with Crippen molar-refractivity contribution < 1.29 is 4.79 Å². The van der Waals surface area contributed by atoms with E-state index in [0.29, 0.717) is 12.6 Å². The van der Waals surface area contributed by atoms with E-state index in [-0.39, 0.29) is 18.3 Å². The first-order chi connectivity index (χ1) is 10.7. The smallest absolute Gasteiger partial charge is 0.253 e. The Bertz CT molecular complexity index is 563. The van der Waals surface area contributed by atoms with Crippen LogP contribution in [0.3, 0.4) is 0 Å². The second-order valence-electron chi connectivity index (χ2n) is 7.58. The van der Waals surface area contributed by atoms with Crippen LogP contribution in [-0.2, 0) is 6.54 Å². The van der Waals surface area contributed by atoms with Gasteiger partial charge in [0.2, 0.25) is 0 Å². The van der Waals surface area contributed by atoms with E-state index in [1.165, 1.54) is 32.1 Å². The number of nitrogens with zero attached hydrogens (tertiary/aromatic N) is 2. The van der Waals surface area contributed by atoms with Crippen molar-refractivity contribution in [2.45, 2.75) is 44.7 Å². The minimum Gasteiger partial charge on any atom is -0.338 e. The van der Waals surface area contributed by atoms with Crippen molar-refractivity contribution in [2.24, 2.45) is 29.4 Å². The van der Waals surface area contributed by atoms with Crippen LogP contribution in [-0.4, -0.2) is 28.9 Å². The summed E-state index contributed by atoms with van der Waals surface area (Å²) in [6.45, 7) is 0.378. The van der Waals surface area contributed by atoms with Crippen LogP contribution in [0.2, 0.25) is 0 Å². The predicted molar refractivity (Wildman–Crippen MR) is 92.3 cm³/mol. The van der Waals surface area contributed by atoms with E-state index in [2.05, 4.69) is 4.98 Å². The molecule has 4 bridgehead atoms. The third kappa shape index (κ3) is 2.87. The molecule has 1 aromatic heterocycles. The van der Waals surface area contributed by atoms with Gasteiger partial charge in [-0.1, -0.05) is 0 Å². The Morgan fingerprint density at radius 2 is 1.83 bits per heavy atom. The van der Waals surface area contributed by atoms with Crippen LogP contribution in [0.25, 0.3) is 0 Å². The van der Waals surface area contributed by atoms with Crippen LogP contribution in [0, 0.1) is 23.7 Å². The Hall–Kier alpha value is -1.13. The zero-order valence-electron chi connectivity index (χ0n) is 13.6. The topological polar surface area (TPSA) is 59.2 Å². The Kier molecular flexibility index (Phi) is 4.65. The van der Waals surface area contributed by atoms with Crippen molar-refractivity contribution >= 4 is 18.3 Å². The highest BCUT2D eigenvalue weighted by Gasteiger charge is 2.50. The second kappa shape index (κ2) is 6.40. The lowest BCUT2D eigenvalue weighted by atomic mass is 9.54. The summed E-state index contributed by atoms with van der Waals surface area (Å²) < 4.78 is 0. The molecular formula is C18H26ClN3O. The molecule has 5 heteroatoms. The number of carbonyl (C=O) groups is 1. The number of hydrogen-bond donors (Lipinski definition) is 1. The van der Waals surface area contributed by atoms with Crippen LogP contribution < -0.4 is 5.73 Å². The first-order valence-corrected chi connectivity index (χ1v) is 8.58. The fraction of sp³-hybridized carbons (Fsp3) is 0.667. The number of nitrogens with two attached hydrogens (primary N) is 1. The lowest BCUT2D eigenvalue weighted by Gasteiger charge is -2.56. The van der Waals surface area contributed by atoms with Gasteiger partial charge in [-0.2, -0.15) is 0 Å². The Morgan fingerprint density at radius 1 is 1.22 bits per heavy atom. The molecule has 5 rings (SSSR count). The van der Waals surface area contributed by atoms with E-state index in [1.54, 1.807) is 6.20 Å². The Morgan fingerprint density at radius 3 is 2.39 bits per heavy atom. The molecule has 2 N–H and O–H groups in total. The number of hydrogen-bond acceptors (Lipinski definition) is 3. The first kappa shape index (κ1) is 16.7. The number of aromatic nitrogens is 1. The molecule has 0 aromatic carbocycles. The minimum atomic E-state index is 0. The number of halogens is 1. The molecule has 4 saturated carbocycles. The van der Waals surface area contributed by atoms with Crippen molar-refractivity contribution in [1.82, 2.24) is 9.88 Å². The lowest BCUT2D eigenvalue weighted by Crippen LogP contribution is -2.56. The molecule has 126 valence electrons. The molecule has 1 aromatic rings. The van der Waals surface area contributed by atoms with Gasteiger partial charge in [-0.15, -0.1) is 12.4 Å². The van der Waals surface area contributed by atoms with Gasteiger partial charge in [-0.25, -0.2) is 0 Å². The second-order valence-corrected chi connectivity index (χ2v) is 7.58. The van der Waals surface area contributed by atoms with Crippen molar-refractivity contribution in [3.8, 4) is 0 Å². The summed E-state index contributed by atoms with van der Waals surface area (Å²) in [5, 5.41) is 0. The van der Waals surface area contributed by atoms with E-state index < -0.39 is 0 Å². The molecule has 0 unspecified atom stereocenters. The molecule has 0 saturated heterocycles. The van der Waals surface area contributed by atoms with Gasteiger partial charge in [0.15, 0.2) is 0 Å². The minimum absolute atomic E-state index is 0. The molecule has 4 aliphatic carbocycles. The molecular weight excluding hydrogens is 310 g/mol. The van der Waals surface area contributed by atoms with E-state index in [9.17, 15) is 4.79 Å². The summed E-state index contributed by atoms with van der Waals surface area (Å²) >= 11 is 0. The van der Waals surface area contributed by atoms with E-state index >= 15 is 0 Å². The molecule has 4 nitrogen and oxygen atoms in total. The number of rotatable bonds is 3. The molecule has 0 aliphatic heterocycles. The standard InChI is InChI=1S/C18H25N3O.ClH/c1-21(18(22)13-2-3-20-16(9-13)10-19)17-14-5-11-4-12(7-14)8-15(17)6-11;/h2-3,9,11-12,14-15,17H,4-8,10,19H2,1H3;1H. The average molecular weight is 336 g/mol. The molecule has 23 heavy (non-hydrogen) atoms. The monoisotopic (exact) mass is 335 g/mol. The summed E-state index contributed by atoms with van der Waals surface area (Å²) in [6, 6.07) is 4.10. The van der Waals surface area contributed by atoms with Gasteiger partial charge in [0.25, 0.3) is 5.91 Å². The van der Waals surface area contributed by atoms with Crippen LogP contribution in [0.4, 0.5) is 0 Å². The summed E-state index contributed by atoms with van der Waals surface area (Å²) in [6.07, 6.45) is 8.47. The van der Waals surface area contributed by atoms with Gasteiger partial charge in [0.05, 0.1) is 5.69 Å². The third-order valence-corrected chi connectivity index (χ3v) is 6.22. The Balaban J connectivity index is 0.00000156. The number of pyridine rings is 1. The highest BCUT2D eigenvalue weighted by Crippen LogP contribution is 2.55. The molecule has 0 radical (unpaired) electrons. The van der Waals surface area contributed by atoms with Gasteiger partial charge >= 0.3 is 0 Å². The summed E-state index contributed by atoms with van der Waals surface area (Å²) in [5.41, 5.74) is 7.16. The zero-order valence-corrected chi connectivity index (χ0v) is 14.5. The van der Waals surface area contributed by atoms with E-state index in [0.717, 1.165) is 34.9 Å². The molecule has 1 amide bonds. The molecule has 4 aliphatic rings. The third-order valence-electron chi connectivity index (χ3n) is 6.22. The highest BCUT2D eigenvalue weighted by molar-refractivity contribution is 5.94. The van der Waals surface area contributed by atoms with Gasteiger partial charge in [0, 0.05) is 31.4 Å². The predicted octanol–water partition coefficient (Wildman–Crippen LogP) is 2.86. The molecule has 1 heterocycles. The van der Waals surface area contributed by atoms with Crippen molar-refractivity contribution in [1.29, 1.82) is 0 Å². The molecule has 0 atom stereocenters. The maximum atomic E-state index is 12.9.